The Balaban J connectivity index is 2.29. The lowest BCUT2D eigenvalue weighted by molar-refractivity contribution is 0.0696. The number of aromatic carboxylic acids is 2. The first-order chi connectivity index (χ1) is 14.2. The molecule has 30 heavy (non-hydrogen) atoms. The molecule has 8 heteroatoms. The predicted molar refractivity (Wildman–Crippen MR) is 112 cm³/mol. The largest absolute Gasteiger partial charge is 0.478 e. The van der Waals surface area contributed by atoms with E-state index >= 15 is 0 Å². The van der Waals surface area contributed by atoms with Crippen molar-refractivity contribution in [2.24, 2.45) is 0 Å². The van der Waals surface area contributed by atoms with Gasteiger partial charge in [0.1, 0.15) is 0 Å². The van der Waals surface area contributed by atoms with Crippen molar-refractivity contribution in [3.63, 3.8) is 0 Å². The Morgan fingerprint density at radius 3 is 1.47 bits per heavy atom. The van der Waals surface area contributed by atoms with Crippen molar-refractivity contribution in [1.29, 1.82) is 0 Å². The van der Waals surface area contributed by atoms with Crippen LogP contribution in [-0.2, 0) is 0 Å². The van der Waals surface area contributed by atoms with Crippen LogP contribution in [0.15, 0.2) is 60.7 Å². The van der Waals surface area contributed by atoms with Gasteiger partial charge in [-0.2, -0.15) is 0 Å². The lowest BCUT2D eigenvalue weighted by Crippen LogP contribution is -2.09. The number of halogens is 2. The van der Waals surface area contributed by atoms with Crippen LogP contribution < -0.4 is 0 Å². The zero-order valence-electron chi connectivity index (χ0n) is 15.1. The van der Waals surface area contributed by atoms with Crippen LogP contribution in [0, 0.1) is 0 Å². The number of hydrogen-bond donors (Lipinski definition) is 2. The summed E-state index contributed by atoms with van der Waals surface area (Å²) in [5, 5.41) is 18.2. The molecule has 0 unspecified atom stereocenters. The molecule has 0 spiro atoms. The number of carbonyl (C=O) groups excluding carboxylic acids is 2. The topological polar surface area (TPSA) is 109 Å². The third kappa shape index (κ3) is 4.10. The lowest BCUT2D eigenvalue weighted by Gasteiger charge is -2.15. The van der Waals surface area contributed by atoms with Crippen molar-refractivity contribution < 1.29 is 29.4 Å². The summed E-state index contributed by atoms with van der Waals surface area (Å²) < 4.78 is 0. The summed E-state index contributed by atoms with van der Waals surface area (Å²) in [7, 11) is 0. The average molecular weight is 443 g/mol. The standard InChI is InChI=1S/C22H12Cl2O6/c23-19(25)13-5-1-11(2-6-13)15-9-10-16(21(27)28)17(18(15)22(29)30)12-3-7-14(8-4-12)20(24)26/h1-10H,(H,27,28)(H,29,30). The summed E-state index contributed by atoms with van der Waals surface area (Å²) >= 11 is 10.9. The van der Waals surface area contributed by atoms with E-state index in [0.29, 0.717) is 11.1 Å². The molecule has 0 saturated carbocycles. The first kappa shape index (κ1) is 21.2. The molecule has 0 bridgehead atoms. The van der Waals surface area contributed by atoms with Crippen LogP contribution in [0.25, 0.3) is 22.3 Å². The minimum Gasteiger partial charge on any atom is -0.478 e. The van der Waals surface area contributed by atoms with E-state index in [1.807, 2.05) is 0 Å². The van der Waals surface area contributed by atoms with Gasteiger partial charge in [0.15, 0.2) is 0 Å². The molecule has 0 amide bonds. The number of rotatable bonds is 6. The van der Waals surface area contributed by atoms with E-state index in [9.17, 15) is 29.4 Å². The van der Waals surface area contributed by atoms with Crippen LogP contribution in [0.4, 0.5) is 0 Å². The summed E-state index contributed by atoms with van der Waals surface area (Å²) in [6, 6.07) is 14.3. The van der Waals surface area contributed by atoms with Gasteiger partial charge in [0.2, 0.25) is 0 Å². The molecular formula is C22H12Cl2O6. The molecular weight excluding hydrogens is 431 g/mol. The predicted octanol–water partition coefficient (Wildman–Crippen LogP) is 5.18. The van der Waals surface area contributed by atoms with E-state index < -0.39 is 22.4 Å². The minimum absolute atomic E-state index is 0.0152. The van der Waals surface area contributed by atoms with Crippen LogP contribution in [0.5, 0.6) is 0 Å². The van der Waals surface area contributed by atoms with E-state index in [1.54, 1.807) is 0 Å². The summed E-state index contributed by atoms with van der Waals surface area (Å²) in [4.78, 5) is 46.5. The lowest BCUT2D eigenvalue weighted by atomic mass is 9.87. The molecule has 0 atom stereocenters. The van der Waals surface area contributed by atoms with E-state index in [4.69, 9.17) is 23.2 Å². The second-order valence-corrected chi connectivity index (χ2v) is 6.91. The Labute approximate surface area is 180 Å². The molecule has 0 radical (unpaired) electrons. The first-order valence-electron chi connectivity index (χ1n) is 8.45. The molecule has 3 rings (SSSR count). The van der Waals surface area contributed by atoms with Gasteiger partial charge in [-0.3, -0.25) is 9.59 Å². The Morgan fingerprint density at radius 2 is 1.07 bits per heavy atom. The van der Waals surface area contributed by atoms with Gasteiger partial charge in [-0.1, -0.05) is 30.3 Å². The van der Waals surface area contributed by atoms with Crippen LogP contribution in [0.1, 0.15) is 41.4 Å². The molecule has 6 nitrogen and oxygen atoms in total. The molecule has 0 fully saturated rings. The fourth-order valence-electron chi connectivity index (χ4n) is 3.09. The highest BCUT2D eigenvalue weighted by molar-refractivity contribution is 6.68. The second kappa shape index (κ2) is 8.49. The van der Waals surface area contributed by atoms with Crippen molar-refractivity contribution in [1.82, 2.24) is 0 Å². The molecule has 150 valence electrons. The van der Waals surface area contributed by atoms with Gasteiger partial charge in [-0.05, 0) is 70.2 Å². The van der Waals surface area contributed by atoms with Gasteiger partial charge in [0, 0.05) is 16.7 Å². The number of carboxylic acids is 2. The zero-order valence-corrected chi connectivity index (χ0v) is 16.6. The van der Waals surface area contributed by atoms with Crippen LogP contribution in [0.3, 0.4) is 0 Å². The quantitative estimate of drug-likeness (QED) is 0.509. The highest BCUT2D eigenvalue weighted by Crippen LogP contribution is 2.36. The fraction of sp³-hybridized carbons (Fsp3) is 0. The average Bonchev–Trinajstić information content (AvgIpc) is 2.72. The molecule has 0 heterocycles. The molecule has 3 aromatic carbocycles. The molecule has 0 aliphatic rings. The Morgan fingerprint density at radius 1 is 0.600 bits per heavy atom. The number of carboxylic acid groups (broad SMARTS) is 2. The van der Waals surface area contributed by atoms with Crippen molar-refractivity contribution in [3.8, 4) is 22.3 Å². The highest BCUT2D eigenvalue weighted by Gasteiger charge is 2.24. The van der Waals surface area contributed by atoms with Crippen molar-refractivity contribution >= 4 is 45.6 Å². The summed E-state index contributed by atoms with van der Waals surface area (Å²) in [5.41, 5.74) is 0.971. The van der Waals surface area contributed by atoms with E-state index in [1.165, 1.54) is 60.7 Å². The Bertz CT molecular complexity index is 1180. The number of carbonyl (C=O) groups is 4. The molecule has 0 aliphatic heterocycles. The van der Waals surface area contributed by atoms with Crippen molar-refractivity contribution in [3.05, 3.63) is 82.9 Å². The van der Waals surface area contributed by atoms with Crippen LogP contribution >= 0.6 is 23.2 Å². The second-order valence-electron chi connectivity index (χ2n) is 6.22. The van der Waals surface area contributed by atoms with Gasteiger partial charge < -0.3 is 10.2 Å². The van der Waals surface area contributed by atoms with Crippen LogP contribution in [0.2, 0.25) is 0 Å². The number of benzene rings is 3. The van der Waals surface area contributed by atoms with E-state index in [2.05, 4.69) is 0 Å². The number of hydrogen-bond acceptors (Lipinski definition) is 4. The SMILES string of the molecule is O=C(Cl)c1ccc(-c2ccc(C(=O)O)c(-c3ccc(C(=O)Cl)cc3)c2C(=O)O)cc1. The Kier molecular flexibility index (Phi) is 6.01. The highest BCUT2D eigenvalue weighted by atomic mass is 35.5. The van der Waals surface area contributed by atoms with Crippen molar-refractivity contribution in [2.75, 3.05) is 0 Å². The Hall–Kier alpha value is -3.48. The summed E-state index contributed by atoms with van der Waals surface area (Å²) in [6.07, 6.45) is 0. The van der Waals surface area contributed by atoms with Gasteiger partial charge in [0.05, 0.1) is 11.1 Å². The third-order valence-corrected chi connectivity index (χ3v) is 4.91. The van der Waals surface area contributed by atoms with Gasteiger partial charge in [-0.25, -0.2) is 9.59 Å². The van der Waals surface area contributed by atoms with Gasteiger partial charge >= 0.3 is 11.9 Å². The van der Waals surface area contributed by atoms with E-state index in [-0.39, 0.29) is 33.4 Å². The molecule has 3 aromatic rings. The maximum absolute atomic E-state index is 12.2. The molecule has 0 saturated heterocycles. The first-order valence-corrected chi connectivity index (χ1v) is 9.20. The summed E-state index contributed by atoms with van der Waals surface area (Å²) in [6.45, 7) is 0. The maximum Gasteiger partial charge on any atom is 0.336 e. The van der Waals surface area contributed by atoms with Crippen LogP contribution in [-0.4, -0.2) is 32.6 Å². The van der Waals surface area contributed by atoms with E-state index in [0.717, 1.165) is 0 Å². The van der Waals surface area contributed by atoms with Gasteiger partial charge in [0.25, 0.3) is 10.5 Å². The molecule has 0 aliphatic carbocycles. The fourth-order valence-corrected chi connectivity index (χ4v) is 3.34. The monoisotopic (exact) mass is 442 g/mol. The maximum atomic E-state index is 12.2. The normalized spacial score (nSPS) is 10.5. The smallest absolute Gasteiger partial charge is 0.336 e. The minimum atomic E-state index is -1.34. The zero-order chi connectivity index (χ0) is 22.0. The molecule has 2 N–H and O–H groups in total. The third-order valence-electron chi connectivity index (χ3n) is 4.47. The molecule has 0 aromatic heterocycles. The van der Waals surface area contributed by atoms with Crippen molar-refractivity contribution in [2.45, 2.75) is 0 Å². The summed E-state index contributed by atoms with van der Waals surface area (Å²) in [5.74, 6) is -2.64. The van der Waals surface area contributed by atoms with Gasteiger partial charge in [-0.15, -0.1) is 0 Å².